The highest BCUT2D eigenvalue weighted by Gasteiger charge is 2.34. The predicted molar refractivity (Wildman–Crippen MR) is 89.6 cm³/mol. The third-order valence-corrected chi connectivity index (χ3v) is 4.33. The number of ether oxygens (including phenoxy) is 1. The van der Waals surface area contributed by atoms with Gasteiger partial charge < -0.3 is 15.2 Å². The first-order valence-electron chi connectivity index (χ1n) is 8.52. The molecule has 2 atom stereocenters. The Balaban J connectivity index is 2.68. The van der Waals surface area contributed by atoms with Gasteiger partial charge in [0.15, 0.2) is 0 Å². The van der Waals surface area contributed by atoms with E-state index in [4.69, 9.17) is 4.74 Å². The minimum atomic E-state index is -1.03. The second-order valence-electron chi connectivity index (χ2n) is 7.49. The first kappa shape index (κ1) is 20.3. The maximum atomic E-state index is 12.4. The molecule has 0 aromatic carbocycles. The number of nitrogens with one attached hydrogen (secondary N) is 1. The number of hydrogen-bond donors (Lipinski definition) is 2. The highest BCUT2D eigenvalue weighted by atomic mass is 16.6. The number of aliphatic carboxylic acids is 1. The number of hydrogen-bond acceptors (Lipinski definition) is 4. The normalized spacial score (nSPS) is 18.4. The van der Waals surface area contributed by atoms with E-state index in [0.29, 0.717) is 0 Å². The lowest BCUT2D eigenvalue weighted by Crippen LogP contribution is -2.53. The van der Waals surface area contributed by atoms with Crippen LogP contribution in [-0.4, -0.2) is 52.7 Å². The van der Waals surface area contributed by atoms with Crippen molar-refractivity contribution >= 4 is 18.0 Å². The zero-order chi connectivity index (χ0) is 18.5. The van der Waals surface area contributed by atoms with Gasteiger partial charge in [0.2, 0.25) is 5.91 Å². The van der Waals surface area contributed by atoms with E-state index < -0.39 is 35.7 Å². The average Bonchev–Trinajstić information content (AvgIpc) is 2.49. The van der Waals surface area contributed by atoms with E-state index in [2.05, 4.69) is 5.32 Å². The van der Waals surface area contributed by atoms with Crippen LogP contribution in [0.25, 0.3) is 0 Å². The van der Waals surface area contributed by atoms with Gasteiger partial charge in [-0.05, 0) is 46.5 Å². The molecule has 1 fully saturated rings. The molecule has 2 amide bonds. The summed E-state index contributed by atoms with van der Waals surface area (Å²) < 4.78 is 5.23. The summed E-state index contributed by atoms with van der Waals surface area (Å²) >= 11 is 0. The fraction of sp³-hybridized carbons (Fsp3) is 0.824. The second kappa shape index (κ2) is 8.35. The number of amides is 2. The molecule has 7 nitrogen and oxygen atoms in total. The summed E-state index contributed by atoms with van der Waals surface area (Å²) in [6, 6.07) is -1.72. The molecule has 0 saturated heterocycles. The number of rotatable bonds is 5. The number of likely N-dealkylation sites (N-methyl/N-ethyl adjacent to an activating group) is 1. The lowest BCUT2D eigenvalue weighted by molar-refractivity contribution is -0.144. The lowest BCUT2D eigenvalue weighted by atomic mass is 9.84. The summed E-state index contributed by atoms with van der Waals surface area (Å²) in [4.78, 5) is 37.1. The molecule has 0 heterocycles. The summed E-state index contributed by atoms with van der Waals surface area (Å²) in [5.41, 5.74) is -0.659. The van der Waals surface area contributed by atoms with Gasteiger partial charge in [0.05, 0.1) is 0 Å². The van der Waals surface area contributed by atoms with Crippen molar-refractivity contribution in [1.29, 1.82) is 0 Å². The Bertz CT molecular complexity index is 466. The smallest absolute Gasteiger partial charge is 0.410 e. The van der Waals surface area contributed by atoms with Gasteiger partial charge in [-0.3, -0.25) is 9.69 Å². The summed E-state index contributed by atoms with van der Waals surface area (Å²) in [6.07, 6.45) is 4.06. The van der Waals surface area contributed by atoms with Gasteiger partial charge in [-0.25, -0.2) is 9.59 Å². The molecule has 7 heteroatoms. The molecular formula is C17H30N2O5. The fourth-order valence-corrected chi connectivity index (χ4v) is 2.79. The Morgan fingerprint density at radius 3 is 2.17 bits per heavy atom. The topological polar surface area (TPSA) is 95.9 Å². The van der Waals surface area contributed by atoms with Crippen molar-refractivity contribution in [2.75, 3.05) is 7.05 Å². The van der Waals surface area contributed by atoms with Gasteiger partial charge in [0.25, 0.3) is 0 Å². The number of carbonyl (C=O) groups excluding carboxylic acids is 2. The Kier molecular flexibility index (Phi) is 7.05. The van der Waals surface area contributed by atoms with E-state index in [-0.39, 0.29) is 5.92 Å². The summed E-state index contributed by atoms with van der Waals surface area (Å²) in [5, 5.41) is 12.0. The zero-order valence-electron chi connectivity index (χ0n) is 15.3. The molecule has 0 radical (unpaired) electrons. The van der Waals surface area contributed by atoms with Crippen molar-refractivity contribution in [1.82, 2.24) is 10.2 Å². The van der Waals surface area contributed by atoms with Gasteiger partial charge in [0, 0.05) is 7.05 Å². The Hall–Kier alpha value is -1.79. The van der Waals surface area contributed by atoms with Crippen LogP contribution in [0.3, 0.4) is 0 Å². The van der Waals surface area contributed by atoms with E-state index in [1.807, 2.05) is 0 Å². The molecule has 0 spiro atoms. The molecule has 0 aromatic heterocycles. The minimum absolute atomic E-state index is 0.0563. The second-order valence-corrected chi connectivity index (χ2v) is 7.49. The molecule has 0 bridgehead atoms. The van der Waals surface area contributed by atoms with E-state index >= 15 is 0 Å². The van der Waals surface area contributed by atoms with Gasteiger partial charge in [-0.1, -0.05) is 19.3 Å². The van der Waals surface area contributed by atoms with Crippen molar-refractivity contribution in [2.24, 2.45) is 5.92 Å². The first-order chi connectivity index (χ1) is 11.0. The third-order valence-electron chi connectivity index (χ3n) is 4.33. The molecular weight excluding hydrogens is 312 g/mol. The molecule has 0 aromatic rings. The molecule has 24 heavy (non-hydrogen) atoms. The average molecular weight is 342 g/mol. The highest BCUT2D eigenvalue weighted by molar-refractivity contribution is 5.89. The van der Waals surface area contributed by atoms with Crippen LogP contribution in [0.4, 0.5) is 4.79 Å². The molecule has 1 saturated carbocycles. The maximum absolute atomic E-state index is 12.4. The van der Waals surface area contributed by atoms with Crippen molar-refractivity contribution in [3.8, 4) is 0 Å². The van der Waals surface area contributed by atoms with Gasteiger partial charge >= 0.3 is 12.1 Å². The van der Waals surface area contributed by atoms with Crippen LogP contribution in [-0.2, 0) is 14.3 Å². The summed E-state index contributed by atoms with van der Waals surface area (Å²) in [6.45, 7) is 6.78. The largest absolute Gasteiger partial charge is 0.480 e. The quantitative estimate of drug-likeness (QED) is 0.800. The molecule has 1 aliphatic rings. The third kappa shape index (κ3) is 6.02. The van der Waals surface area contributed by atoms with E-state index in [1.54, 1.807) is 27.7 Å². The van der Waals surface area contributed by atoms with Crippen molar-refractivity contribution in [2.45, 2.75) is 77.5 Å². The first-order valence-corrected chi connectivity index (χ1v) is 8.52. The number of nitrogens with zero attached hydrogens (tertiary/aromatic N) is 1. The summed E-state index contributed by atoms with van der Waals surface area (Å²) in [5.74, 6) is -1.57. The highest BCUT2D eigenvalue weighted by Crippen LogP contribution is 2.26. The van der Waals surface area contributed by atoms with Crippen LogP contribution >= 0.6 is 0 Å². The number of carboxylic acid groups (broad SMARTS) is 1. The minimum Gasteiger partial charge on any atom is -0.480 e. The van der Waals surface area contributed by atoms with Crippen LogP contribution in [0, 0.1) is 5.92 Å². The van der Waals surface area contributed by atoms with Crippen LogP contribution in [0.1, 0.15) is 59.8 Å². The molecule has 1 unspecified atom stereocenters. The Labute approximate surface area is 143 Å². The van der Waals surface area contributed by atoms with Crippen LogP contribution in [0.2, 0.25) is 0 Å². The molecule has 0 aliphatic heterocycles. The predicted octanol–water partition coefficient (Wildman–Crippen LogP) is 2.39. The van der Waals surface area contributed by atoms with E-state index in [1.165, 1.54) is 11.9 Å². The van der Waals surface area contributed by atoms with E-state index in [0.717, 1.165) is 32.1 Å². The molecule has 1 rings (SSSR count). The number of carbonyl (C=O) groups is 3. The molecule has 1 aliphatic carbocycles. The molecule has 138 valence electrons. The SMILES string of the molecule is CC(C(=O)N[C@H](C(=O)O)C1CCCCC1)N(C)C(=O)OC(C)(C)C. The number of carboxylic acids is 1. The van der Waals surface area contributed by atoms with E-state index in [9.17, 15) is 19.5 Å². The Morgan fingerprint density at radius 2 is 1.71 bits per heavy atom. The van der Waals surface area contributed by atoms with Crippen LogP contribution in [0.15, 0.2) is 0 Å². The van der Waals surface area contributed by atoms with Crippen molar-refractivity contribution in [3.05, 3.63) is 0 Å². The van der Waals surface area contributed by atoms with Gasteiger partial charge in [-0.2, -0.15) is 0 Å². The van der Waals surface area contributed by atoms with Crippen molar-refractivity contribution < 1.29 is 24.2 Å². The van der Waals surface area contributed by atoms with Gasteiger partial charge in [0.1, 0.15) is 17.7 Å². The van der Waals surface area contributed by atoms with Gasteiger partial charge in [-0.15, -0.1) is 0 Å². The summed E-state index contributed by atoms with van der Waals surface area (Å²) in [7, 11) is 1.47. The van der Waals surface area contributed by atoms with Crippen LogP contribution < -0.4 is 5.32 Å². The fourth-order valence-electron chi connectivity index (χ4n) is 2.79. The maximum Gasteiger partial charge on any atom is 0.410 e. The zero-order valence-corrected chi connectivity index (χ0v) is 15.3. The Morgan fingerprint density at radius 1 is 1.17 bits per heavy atom. The molecule has 2 N–H and O–H groups in total. The lowest BCUT2D eigenvalue weighted by Gasteiger charge is -2.31. The van der Waals surface area contributed by atoms with Crippen LogP contribution in [0.5, 0.6) is 0 Å². The van der Waals surface area contributed by atoms with Crippen molar-refractivity contribution in [3.63, 3.8) is 0 Å². The monoisotopic (exact) mass is 342 g/mol. The standard InChI is InChI=1S/C17H30N2O5/c1-11(19(5)16(23)24-17(2,3)4)14(20)18-13(15(21)22)12-9-7-6-8-10-12/h11-13H,6-10H2,1-5H3,(H,18,20)(H,21,22)/t11?,13-/m0/s1.